The number of ether oxygens (including phenoxy) is 2. The standard InChI is InChI=1S/C22H30N2O5S/c1-6-15(3)24(16(4)7-2)19-13-17(22(25)28-5)14-20(30(23,26)27)21(19)29-18-11-9-8-10-12-18/h8-16H,6-7H2,1-5H3,(H2,23,26,27)/i1D3,2D3,3D3,4D3,6D2,7D2,15D,16D. The average molecular weight is 453 g/mol. The van der Waals surface area contributed by atoms with Crippen LogP contribution in [0, 0.1) is 0 Å². The Bertz CT molecular complexity index is 1570. The van der Waals surface area contributed by atoms with Crippen LogP contribution in [0.5, 0.6) is 11.5 Å². The van der Waals surface area contributed by atoms with E-state index in [2.05, 4.69) is 4.74 Å². The number of para-hydroxylation sites is 1. The Morgan fingerprint density at radius 1 is 1.20 bits per heavy atom. The minimum absolute atomic E-state index is 0.300. The van der Waals surface area contributed by atoms with Crippen molar-refractivity contribution in [3.63, 3.8) is 0 Å². The lowest BCUT2D eigenvalue weighted by atomic mass is 10.1. The molecule has 0 aliphatic carbocycles. The molecular weight excluding hydrogens is 404 g/mol. The van der Waals surface area contributed by atoms with Crippen LogP contribution in [0.3, 0.4) is 0 Å². The first kappa shape index (κ1) is 8.88. The van der Waals surface area contributed by atoms with Crippen molar-refractivity contribution in [2.45, 2.75) is 57.1 Å². The van der Waals surface area contributed by atoms with Crippen molar-refractivity contribution in [3.05, 3.63) is 48.0 Å². The second kappa shape index (κ2) is 9.95. The fraction of sp³-hybridized carbons (Fsp3) is 0.409. The van der Waals surface area contributed by atoms with Gasteiger partial charge in [0.2, 0.25) is 10.0 Å². The Morgan fingerprint density at radius 2 is 1.83 bits per heavy atom. The number of sulfonamides is 1. The lowest BCUT2D eigenvalue weighted by Crippen LogP contribution is -2.40. The van der Waals surface area contributed by atoms with E-state index in [1.165, 1.54) is 18.2 Å². The molecule has 0 saturated carbocycles. The van der Waals surface area contributed by atoms with Gasteiger partial charge in [0.15, 0.2) is 5.75 Å². The Labute approximate surface area is 204 Å². The summed E-state index contributed by atoms with van der Waals surface area (Å²) in [5, 5.41) is 5.37. The highest BCUT2D eigenvalue weighted by Gasteiger charge is 2.29. The van der Waals surface area contributed by atoms with Gasteiger partial charge in [0.1, 0.15) is 10.6 Å². The Hall–Kier alpha value is -2.58. The molecule has 0 bridgehead atoms. The quantitative estimate of drug-likeness (QED) is 0.569. The van der Waals surface area contributed by atoms with E-state index < -0.39 is 95.0 Å². The number of hydrogen-bond acceptors (Lipinski definition) is 6. The number of esters is 1. The van der Waals surface area contributed by atoms with Crippen molar-refractivity contribution in [1.82, 2.24) is 0 Å². The van der Waals surface area contributed by atoms with E-state index in [1.807, 2.05) is 0 Å². The normalized spacial score (nSPS) is 27.0. The summed E-state index contributed by atoms with van der Waals surface area (Å²) in [5.74, 6) is -3.24. The second-order valence-corrected chi connectivity index (χ2v) is 7.09. The zero-order valence-electron chi connectivity index (χ0n) is 33.5. The maximum atomic E-state index is 13.0. The van der Waals surface area contributed by atoms with Crippen LogP contribution in [0.15, 0.2) is 47.4 Å². The number of rotatable bonds is 9. The van der Waals surface area contributed by atoms with Gasteiger partial charge in [-0.15, -0.1) is 0 Å². The zero-order chi connectivity index (χ0) is 37.9. The molecule has 0 fully saturated rings. The third-order valence-electron chi connectivity index (χ3n) is 3.65. The lowest BCUT2D eigenvalue weighted by Gasteiger charge is -2.37. The fourth-order valence-corrected chi connectivity index (χ4v) is 3.07. The van der Waals surface area contributed by atoms with E-state index in [0.29, 0.717) is 12.1 Å². The number of benzene rings is 2. The molecular formula is C22H30N2O5S. The van der Waals surface area contributed by atoms with Crippen molar-refractivity contribution in [1.29, 1.82) is 0 Å². The van der Waals surface area contributed by atoms with Crippen LogP contribution in [0.1, 0.15) is 75.2 Å². The molecule has 8 heteroatoms. The van der Waals surface area contributed by atoms with E-state index in [9.17, 15) is 13.2 Å². The average Bonchev–Trinajstić information content (AvgIpc) is 2.90. The molecule has 0 heterocycles. The molecule has 7 nitrogen and oxygen atoms in total. The van der Waals surface area contributed by atoms with Crippen LogP contribution < -0.4 is 14.8 Å². The van der Waals surface area contributed by atoms with E-state index in [0.717, 1.165) is 19.2 Å². The third-order valence-corrected chi connectivity index (χ3v) is 4.57. The van der Waals surface area contributed by atoms with Gasteiger partial charge in [-0.25, -0.2) is 18.4 Å². The molecule has 0 aliphatic heterocycles. The van der Waals surface area contributed by atoms with Gasteiger partial charge >= 0.3 is 5.97 Å². The predicted octanol–water partition coefficient (Wildman–Crippen LogP) is 4.32. The van der Waals surface area contributed by atoms with E-state index in [4.69, 9.17) is 34.5 Å². The Morgan fingerprint density at radius 3 is 2.33 bits per heavy atom. The predicted molar refractivity (Wildman–Crippen MR) is 118 cm³/mol. The van der Waals surface area contributed by atoms with Gasteiger partial charge in [-0.2, -0.15) is 0 Å². The number of nitrogens with two attached hydrogens (primary N) is 1. The molecule has 164 valence electrons. The van der Waals surface area contributed by atoms with Gasteiger partial charge in [0.25, 0.3) is 0 Å². The van der Waals surface area contributed by atoms with Crippen LogP contribution in [0.2, 0.25) is 0 Å². The lowest BCUT2D eigenvalue weighted by molar-refractivity contribution is 0.0600. The monoisotopic (exact) mass is 452 g/mol. The van der Waals surface area contributed by atoms with Gasteiger partial charge in [-0.1, -0.05) is 31.9 Å². The highest BCUT2D eigenvalue weighted by molar-refractivity contribution is 7.89. The molecule has 2 N–H and O–H groups in total. The van der Waals surface area contributed by atoms with Crippen molar-refractivity contribution >= 4 is 21.7 Å². The molecule has 0 spiro atoms. The number of methoxy groups -OCH3 is 1. The number of hydrogen-bond donors (Lipinski definition) is 1. The SMILES string of the molecule is [2H]C([2H])([2H])C([2H])([2H])C([2H])(N(c1cc(C(=O)OC)cc(S(N)(=O)=O)c1Oc1ccccc1)C([2H])(C([2H])([2H])[2H])C([2H])([2H])C([2H])([2H])[2H])C([2H])([2H])[2H]. The summed E-state index contributed by atoms with van der Waals surface area (Å²) in [6.45, 7) is -17.4. The van der Waals surface area contributed by atoms with Gasteiger partial charge < -0.3 is 14.4 Å². The molecule has 2 unspecified atom stereocenters. The molecule has 0 saturated heterocycles. The number of carbonyl (C=O) groups excluding carboxylic acids is 1. The highest BCUT2D eigenvalue weighted by atomic mass is 32.2. The molecule has 2 atom stereocenters. The highest BCUT2D eigenvalue weighted by Crippen LogP contribution is 2.41. The molecule has 2 aromatic rings. The van der Waals surface area contributed by atoms with Gasteiger partial charge in [-0.3, -0.25) is 0 Å². The second-order valence-electron chi connectivity index (χ2n) is 5.56. The molecule has 0 radical (unpaired) electrons. The number of nitrogens with zero attached hydrogens (tertiary/aromatic N) is 1. The Kier molecular flexibility index (Phi) is 2.95. The van der Waals surface area contributed by atoms with Crippen LogP contribution in [0.25, 0.3) is 0 Å². The van der Waals surface area contributed by atoms with Crippen molar-refractivity contribution in [2.24, 2.45) is 5.14 Å². The minimum Gasteiger partial charge on any atom is -0.465 e. The first-order chi connectivity index (χ1) is 21.2. The van der Waals surface area contributed by atoms with E-state index in [-0.39, 0.29) is 5.75 Å². The number of carbonyl (C=O) groups is 1. The van der Waals surface area contributed by atoms with Crippen LogP contribution >= 0.6 is 0 Å². The van der Waals surface area contributed by atoms with Gasteiger partial charge in [-0.05, 0) is 50.7 Å². The number of anilines is 1. The van der Waals surface area contributed by atoms with Crippen molar-refractivity contribution in [2.75, 3.05) is 12.0 Å². The largest absolute Gasteiger partial charge is 0.465 e. The van der Waals surface area contributed by atoms with Gasteiger partial charge in [0, 0.05) is 34.0 Å². The van der Waals surface area contributed by atoms with Crippen LogP contribution in [-0.2, 0) is 14.8 Å². The first-order valence-electron chi connectivity index (χ1n) is 17.0. The molecule has 30 heavy (non-hydrogen) atoms. The summed E-state index contributed by atoms with van der Waals surface area (Å²) < 4.78 is 184. The molecule has 0 amide bonds. The summed E-state index contributed by atoms with van der Waals surface area (Å²) in [6, 6.07) is -2.46. The molecule has 0 aromatic heterocycles. The maximum Gasteiger partial charge on any atom is 0.337 e. The van der Waals surface area contributed by atoms with Crippen molar-refractivity contribution in [3.8, 4) is 11.5 Å². The van der Waals surface area contributed by atoms with Crippen molar-refractivity contribution < 1.29 is 47.4 Å². The summed E-state index contributed by atoms with van der Waals surface area (Å²) in [4.78, 5) is 10.6. The summed E-state index contributed by atoms with van der Waals surface area (Å²) in [7, 11) is -4.47. The summed E-state index contributed by atoms with van der Waals surface area (Å²) >= 11 is 0. The molecule has 0 aliphatic rings. The first-order valence-corrected chi connectivity index (χ1v) is 9.53. The van der Waals surface area contributed by atoms with Crippen LogP contribution in [-0.4, -0.2) is 33.5 Å². The maximum absolute atomic E-state index is 13.0. The molecule has 2 aromatic carbocycles. The smallest absolute Gasteiger partial charge is 0.337 e. The van der Waals surface area contributed by atoms with E-state index >= 15 is 0 Å². The summed E-state index contributed by atoms with van der Waals surface area (Å²) in [5.41, 5.74) is -2.61. The van der Waals surface area contributed by atoms with Gasteiger partial charge in [0.05, 0.1) is 21.1 Å². The molecule has 2 rings (SSSR count). The zero-order valence-corrected chi connectivity index (χ0v) is 16.3. The third kappa shape index (κ3) is 5.31. The van der Waals surface area contributed by atoms with E-state index in [1.54, 1.807) is 0 Å². The minimum atomic E-state index is -5.24. The fourth-order valence-electron chi connectivity index (χ4n) is 2.37. The Balaban J connectivity index is 3.66. The topological polar surface area (TPSA) is 98.9 Å². The number of primary sulfonamides is 1. The summed E-state index contributed by atoms with van der Waals surface area (Å²) in [6.07, 6.45) is -9.14. The van der Waals surface area contributed by atoms with Crippen LogP contribution in [0.4, 0.5) is 5.69 Å².